The lowest BCUT2D eigenvalue weighted by Gasteiger charge is -2.29. The first-order valence-electron chi connectivity index (χ1n) is 5.78. The summed E-state index contributed by atoms with van der Waals surface area (Å²) in [6, 6.07) is 0. The molecule has 0 aromatic carbocycles. The number of hydrogen-bond acceptors (Lipinski definition) is 3. The molecular formula is C12H21N3O2. The minimum absolute atomic E-state index is 0.432. The molecule has 0 spiro atoms. The van der Waals surface area contributed by atoms with E-state index in [0.29, 0.717) is 0 Å². The molecule has 0 radical (unpaired) electrons. The number of amides is 1. The lowest BCUT2D eigenvalue weighted by atomic mass is 9.98. The quantitative estimate of drug-likeness (QED) is 0.851. The summed E-state index contributed by atoms with van der Waals surface area (Å²) in [4.78, 5) is 19.0. The minimum atomic E-state index is -0.536. The molecule has 17 heavy (non-hydrogen) atoms. The van der Waals surface area contributed by atoms with Crippen LogP contribution in [0.4, 0.5) is 4.79 Å². The number of H-pyrrole nitrogens is 1. The largest absolute Gasteiger partial charge is 0.444 e. The molecule has 1 amide bonds. The Morgan fingerprint density at radius 3 is 2.53 bits per heavy atom. The summed E-state index contributed by atoms with van der Waals surface area (Å²) in [6.07, 6.45) is 3.69. The first-order chi connectivity index (χ1) is 7.77. The third-order valence-electron chi connectivity index (χ3n) is 2.50. The number of aromatic amines is 1. The highest BCUT2D eigenvalue weighted by Gasteiger charge is 2.31. The van der Waals surface area contributed by atoms with Gasteiger partial charge < -0.3 is 15.0 Å². The van der Waals surface area contributed by atoms with Crippen molar-refractivity contribution in [3.63, 3.8) is 0 Å². The Bertz CT molecular complexity index is 368. The van der Waals surface area contributed by atoms with Crippen LogP contribution in [0.15, 0.2) is 12.4 Å². The van der Waals surface area contributed by atoms with Crippen molar-refractivity contribution in [2.45, 2.75) is 52.2 Å². The van der Waals surface area contributed by atoms with E-state index in [1.807, 2.05) is 34.6 Å². The fourth-order valence-corrected chi connectivity index (χ4v) is 1.41. The minimum Gasteiger partial charge on any atom is -0.444 e. The van der Waals surface area contributed by atoms with E-state index in [4.69, 9.17) is 4.74 Å². The van der Waals surface area contributed by atoms with E-state index in [2.05, 4.69) is 15.3 Å². The summed E-state index contributed by atoms with van der Waals surface area (Å²) in [7, 11) is 0. The van der Waals surface area contributed by atoms with Gasteiger partial charge in [-0.05, 0) is 34.1 Å². The fraction of sp³-hybridized carbons (Fsp3) is 0.667. The molecule has 1 rings (SSSR count). The predicted octanol–water partition coefficient (Wildman–Crippen LogP) is 2.56. The number of carbonyl (C=O) groups is 1. The average molecular weight is 239 g/mol. The molecule has 0 aliphatic rings. The lowest BCUT2D eigenvalue weighted by Crippen LogP contribution is -2.46. The van der Waals surface area contributed by atoms with E-state index >= 15 is 0 Å². The van der Waals surface area contributed by atoms with Gasteiger partial charge in [-0.3, -0.25) is 0 Å². The van der Waals surface area contributed by atoms with Crippen molar-refractivity contribution in [2.75, 3.05) is 0 Å². The molecular weight excluding hydrogens is 218 g/mol. The fourth-order valence-electron chi connectivity index (χ4n) is 1.41. The maximum atomic E-state index is 11.8. The number of alkyl carbamates (subject to hydrolysis) is 1. The third kappa shape index (κ3) is 3.76. The number of nitrogens with zero attached hydrogens (tertiary/aromatic N) is 1. The highest BCUT2D eigenvalue weighted by molar-refractivity contribution is 5.68. The Morgan fingerprint density at radius 1 is 1.47 bits per heavy atom. The Kier molecular flexibility index (Phi) is 3.80. The van der Waals surface area contributed by atoms with Crippen molar-refractivity contribution in [2.24, 2.45) is 0 Å². The predicted molar refractivity (Wildman–Crippen MR) is 65.6 cm³/mol. The van der Waals surface area contributed by atoms with Gasteiger partial charge in [0.2, 0.25) is 0 Å². The zero-order valence-corrected chi connectivity index (χ0v) is 11.1. The monoisotopic (exact) mass is 239 g/mol. The van der Waals surface area contributed by atoms with Crippen molar-refractivity contribution >= 4 is 6.09 Å². The molecule has 1 heterocycles. The van der Waals surface area contributed by atoms with Gasteiger partial charge in [-0.15, -0.1) is 0 Å². The first kappa shape index (κ1) is 13.5. The molecule has 0 saturated heterocycles. The summed E-state index contributed by atoms with van der Waals surface area (Å²) >= 11 is 0. The molecule has 1 aromatic rings. The van der Waals surface area contributed by atoms with Crippen LogP contribution in [0.1, 0.15) is 46.9 Å². The van der Waals surface area contributed by atoms with Crippen molar-refractivity contribution < 1.29 is 9.53 Å². The van der Waals surface area contributed by atoms with Crippen LogP contribution in [0.3, 0.4) is 0 Å². The molecule has 0 saturated carbocycles. The highest BCUT2D eigenvalue weighted by Crippen LogP contribution is 2.21. The van der Waals surface area contributed by atoms with Gasteiger partial charge in [-0.1, -0.05) is 6.92 Å². The van der Waals surface area contributed by atoms with E-state index in [0.717, 1.165) is 12.2 Å². The topological polar surface area (TPSA) is 67.0 Å². The van der Waals surface area contributed by atoms with E-state index in [1.54, 1.807) is 12.4 Å². The van der Waals surface area contributed by atoms with Gasteiger partial charge >= 0.3 is 6.09 Å². The van der Waals surface area contributed by atoms with E-state index in [1.165, 1.54) is 0 Å². The molecule has 5 heteroatoms. The van der Waals surface area contributed by atoms with Crippen LogP contribution in [0.2, 0.25) is 0 Å². The van der Waals surface area contributed by atoms with Gasteiger partial charge in [0, 0.05) is 12.4 Å². The van der Waals surface area contributed by atoms with Gasteiger partial charge in [-0.25, -0.2) is 9.78 Å². The number of rotatable bonds is 3. The highest BCUT2D eigenvalue weighted by atomic mass is 16.6. The summed E-state index contributed by atoms with van der Waals surface area (Å²) in [6.45, 7) is 9.41. The Labute approximate surface area is 102 Å². The van der Waals surface area contributed by atoms with Crippen LogP contribution in [-0.4, -0.2) is 21.7 Å². The van der Waals surface area contributed by atoms with E-state index < -0.39 is 17.2 Å². The molecule has 2 N–H and O–H groups in total. The molecule has 1 atom stereocenters. The molecule has 0 fully saturated rings. The molecule has 0 bridgehead atoms. The number of hydrogen-bond donors (Lipinski definition) is 2. The Morgan fingerprint density at radius 2 is 2.12 bits per heavy atom. The van der Waals surface area contributed by atoms with E-state index in [9.17, 15) is 4.79 Å². The maximum Gasteiger partial charge on any atom is 0.408 e. The number of carbonyl (C=O) groups excluding carboxylic acids is 1. The van der Waals surface area contributed by atoms with Gasteiger partial charge in [0.1, 0.15) is 11.4 Å². The van der Waals surface area contributed by atoms with Crippen molar-refractivity contribution in [3.05, 3.63) is 18.2 Å². The van der Waals surface area contributed by atoms with Crippen LogP contribution >= 0.6 is 0 Å². The van der Waals surface area contributed by atoms with Gasteiger partial charge in [0.05, 0.1) is 5.54 Å². The standard InChI is InChI=1S/C12H21N3O2/c1-6-12(5,9-13-7-8-14-9)15-10(16)17-11(2,3)4/h7-8H,6H2,1-5H3,(H,13,14)(H,15,16). The maximum absolute atomic E-state index is 11.8. The van der Waals surface area contributed by atoms with Crippen LogP contribution in [-0.2, 0) is 10.3 Å². The third-order valence-corrected chi connectivity index (χ3v) is 2.50. The van der Waals surface area contributed by atoms with Gasteiger partial charge in [-0.2, -0.15) is 0 Å². The van der Waals surface area contributed by atoms with Gasteiger partial charge in [0.15, 0.2) is 0 Å². The molecule has 1 aromatic heterocycles. The average Bonchev–Trinajstić information content (AvgIpc) is 2.67. The van der Waals surface area contributed by atoms with Crippen molar-refractivity contribution in [1.29, 1.82) is 0 Å². The second-order valence-electron chi connectivity index (χ2n) is 5.25. The number of imidazole rings is 1. The van der Waals surface area contributed by atoms with Crippen LogP contribution < -0.4 is 5.32 Å². The molecule has 96 valence electrons. The summed E-state index contributed by atoms with van der Waals surface area (Å²) in [5.74, 6) is 0.728. The second-order valence-corrected chi connectivity index (χ2v) is 5.25. The van der Waals surface area contributed by atoms with Crippen LogP contribution in [0.25, 0.3) is 0 Å². The normalized spacial score (nSPS) is 15.1. The summed E-state index contributed by atoms with van der Waals surface area (Å²) in [5, 5.41) is 2.85. The second kappa shape index (κ2) is 4.77. The van der Waals surface area contributed by atoms with Gasteiger partial charge in [0.25, 0.3) is 0 Å². The number of aromatic nitrogens is 2. The van der Waals surface area contributed by atoms with Crippen LogP contribution in [0, 0.1) is 0 Å². The molecule has 0 aliphatic carbocycles. The lowest BCUT2D eigenvalue weighted by molar-refractivity contribution is 0.0453. The molecule has 0 aliphatic heterocycles. The number of ether oxygens (including phenoxy) is 1. The molecule has 1 unspecified atom stereocenters. The van der Waals surface area contributed by atoms with Crippen LogP contribution in [0.5, 0.6) is 0 Å². The molecule has 5 nitrogen and oxygen atoms in total. The van der Waals surface area contributed by atoms with Crippen molar-refractivity contribution in [3.8, 4) is 0 Å². The summed E-state index contributed by atoms with van der Waals surface area (Å²) in [5.41, 5.74) is -1.03. The Balaban J connectivity index is 2.74. The van der Waals surface area contributed by atoms with E-state index in [-0.39, 0.29) is 0 Å². The smallest absolute Gasteiger partial charge is 0.408 e. The number of nitrogens with one attached hydrogen (secondary N) is 2. The first-order valence-corrected chi connectivity index (χ1v) is 5.78. The zero-order chi connectivity index (χ0) is 13.1. The zero-order valence-electron chi connectivity index (χ0n) is 11.1. The van der Waals surface area contributed by atoms with Crippen molar-refractivity contribution in [1.82, 2.24) is 15.3 Å². The SMILES string of the molecule is CCC(C)(NC(=O)OC(C)(C)C)c1ncc[nH]1. The summed E-state index contributed by atoms with van der Waals surface area (Å²) < 4.78 is 5.24. The Hall–Kier alpha value is -1.52.